The van der Waals surface area contributed by atoms with Gasteiger partial charge in [-0.1, -0.05) is 3.89 Å². The van der Waals surface area contributed by atoms with E-state index in [0.717, 1.165) is 15.8 Å². The Morgan fingerprint density at radius 2 is 2.37 bits per heavy atom. The van der Waals surface area contributed by atoms with E-state index in [1.807, 2.05) is 0 Å². The molecule has 0 saturated carbocycles. The van der Waals surface area contributed by atoms with Crippen molar-refractivity contribution >= 4 is 27.8 Å². The second-order valence-electron chi connectivity index (χ2n) is 4.07. The van der Waals surface area contributed by atoms with Gasteiger partial charge in [0.25, 0.3) is 5.91 Å². The number of nitrogens with zero attached hydrogens (tertiary/aromatic N) is 2. The van der Waals surface area contributed by atoms with Crippen molar-refractivity contribution < 1.29 is 21.8 Å². The van der Waals surface area contributed by atoms with Gasteiger partial charge in [-0.15, -0.1) is 0 Å². The molecule has 1 N–H and O–H groups in total. The minimum atomic E-state index is -4.59. The smallest absolute Gasteiger partial charge is 0.374 e. The fraction of sp³-hybridized carbons (Fsp3) is 0.556. The van der Waals surface area contributed by atoms with Crippen LogP contribution in [-0.4, -0.2) is 49.7 Å². The van der Waals surface area contributed by atoms with Crippen molar-refractivity contribution in [1.29, 1.82) is 0 Å². The summed E-state index contributed by atoms with van der Waals surface area (Å²) in [6.45, 7) is 0.474. The number of aromatic nitrogens is 1. The molecule has 7 nitrogen and oxygen atoms in total. The van der Waals surface area contributed by atoms with Crippen LogP contribution in [0.2, 0.25) is 0 Å². The first kappa shape index (κ1) is 14.2. The van der Waals surface area contributed by atoms with Crippen LogP contribution < -0.4 is 10.1 Å². The average molecular weight is 309 g/mol. The molecular formula is C9H12FN3O4S2. The molecule has 0 bridgehead atoms. The van der Waals surface area contributed by atoms with Gasteiger partial charge in [0.05, 0.1) is 7.11 Å². The molecule has 1 aromatic rings. The molecule has 0 aliphatic carbocycles. The zero-order valence-corrected chi connectivity index (χ0v) is 11.6. The van der Waals surface area contributed by atoms with Crippen LogP contribution in [0.15, 0.2) is 6.07 Å². The van der Waals surface area contributed by atoms with Crippen LogP contribution in [0.25, 0.3) is 0 Å². The van der Waals surface area contributed by atoms with Crippen LogP contribution >= 0.6 is 11.5 Å². The van der Waals surface area contributed by atoms with Crippen molar-refractivity contribution in [2.45, 2.75) is 0 Å². The standard InChI is InChI=1S/C9H12FN3O4S2/c1-17-8-2-7(18-12-8)9(14)11-3-6-4-13(5-6)19(10,15)16/h2,6H,3-5H2,1H3,(H,11,14). The quantitative estimate of drug-likeness (QED) is 0.775. The lowest BCUT2D eigenvalue weighted by molar-refractivity contribution is 0.0932. The third-order valence-electron chi connectivity index (χ3n) is 2.70. The predicted molar refractivity (Wildman–Crippen MR) is 66.1 cm³/mol. The second kappa shape index (κ2) is 5.39. The monoisotopic (exact) mass is 309 g/mol. The Hall–Kier alpha value is -1.26. The van der Waals surface area contributed by atoms with Crippen LogP contribution in [0.1, 0.15) is 9.67 Å². The molecule has 1 aliphatic heterocycles. The van der Waals surface area contributed by atoms with E-state index >= 15 is 0 Å². The van der Waals surface area contributed by atoms with Gasteiger partial charge in [-0.05, 0) is 11.5 Å². The number of hydrogen-bond donors (Lipinski definition) is 1. The summed E-state index contributed by atoms with van der Waals surface area (Å²) in [6.07, 6.45) is 0. The maximum Gasteiger partial charge on any atom is 0.374 e. The molecule has 2 heterocycles. The van der Waals surface area contributed by atoms with Gasteiger partial charge in [0.2, 0.25) is 5.88 Å². The highest BCUT2D eigenvalue weighted by molar-refractivity contribution is 7.84. The van der Waals surface area contributed by atoms with Gasteiger partial charge in [-0.3, -0.25) is 4.79 Å². The van der Waals surface area contributed by atoms with E-state index in [4.69, 9.17) is 4.74 Å². The molecule has 0 unspecified atom stereocenters. The molecule has 0 atom stereocenters. The number of nitrogens with one attached hydrogen (secondary N) is 1. The van der Waals surface area contributed by atoms with Gasteiger partial charge in [0, 0.05) is 31.6 Å². The molecule has 1 aliphatic rings. The number of carbonyl (C=O) groups excluding carboxylic acids is 1. The van der Waals surface area contributed by atoms with Crippen LogP contribution in [-0.2, 0) is 10.4 Å². The Bertz CT molecular complexity index is 568. The lowest BCUT2D eigenvalue weighted by Crippen LogP contribution is -2.52. The molecule has 0 spiro atoms. The summed E-state index contributed by atoms with van der Waals surface area (Å²) in [6, 6.07) is 1.51. The number of ether oxygens (including phenoxy) is 1. The molecule has 1 amide bonds. The second-order valence-corrected chi connectivity index (χ2v) is 6.21. The van der Waals surface area contributed by atoms with Crippen molar-refractivity contribution in [1.82, 2.24) is 14.0 Å². The molecule has 2 rings (SSSR count). The summed E-state index contributed by atoms with van der Waals surface area (Å²) in [7, 11) is -3.14. The van der Waals surface area contributed by atoms with Crippen LogP contribution in [0.3, 0.4) is 0 Å². The summed E-state index contributed by atoms with van der Waals surface area (Å²) in [5.41, 5.74) is 0. The van der Waals surface area contributed by atoms with Gasteiger partial charge in [-0.25, -0.2) is 0 Å². The van der Waals surface area contributed by atoms with Gasteiger partial charge in [-0.2, -0.15) is 17.1 Å². The molecule has 1 saturated heterocycles. The largest absolute Gasteiger partial charge is 0.480 e. The molecular weight excluding hydrogens is 297 g/mol. The highest BCUT2D eigenvalue weighted by Gasteiger charge is 2.35. The minimum absolute atomic E-state index is 0.0655. The van der Waals surface area contributed by atoms with E-state index in [2.05, 4.69) is 9.69 Å². The van der Waals surface area contributed by atoms with E-state index < -0.39 is 10.4 Å². The van der Waals surface area contributed by atoms with Crippen molar-refractivity contribution in [3.63, 3.8) is 0 Å². The van der Waals surface area contributed by atoms with Crippen molar-refractivity contribution in [2.24, 2.45) is 5.92 Å². The van der Waals surface area contributed by atoms with Gasteiger partial charge in [0.15, 0.2) is 0 Å². The summed E-state index contributed by atoms with van der Waals surface area (Å²) in [4.78, 5) is 12.1. The predicted octanol–water partition coefficient (Wildman–Crippen LogP) is 0.0276. The Morgan fingerprint density at radius 1 is 1.68 bits per heavy atom. The normalized spacial score (nSPS) is 16.9. The molecule has 10 heteroatoms. The molecule has 1 aromatic heterocycles. The SMILES string of the molecule is COc1cc(C(=O)NCC2CN(S(=O)(=O)F)C2)sn1. The molecule has 106 valence electrons. The maximum atomic E-state index is 12.5. The third kappa shape index (κ3) is 3.39. The summed E-state index contributed by atoms with van der Waals surface area (Å²) in [5, 5.41) is 2.64. The zero-order valence-electron chi connectivity index (χ0n) is 10.00. The number of carbonyl (C=O) groups is 1. The average Bonchev–Trinajstić information content (AvgIpc) is 2.73. The van der Waals surface area contributed by atoms with E-state index in [-0.39, 0.29) is 24.9 Å². The lowest BCUT2D eigenvalue weighted by Gasteiger charge is -2.35. The van der Waals surface area contributed by atoms with E-state index in [9.17, 15) is 17.1 Å². The van der Waals surface area contributed by atoms with Crippen molar-refractivity contribution in [2.75, 3.05) is 26.7 Å². The number of rotatable bonds is 5. The first-order valence-corrected chi connectivity index (χ1v) is 7.50. The lowest BCUT2D eigenvalue weighted by atomic mass is 10.0. The summed E-state index contributed by atoms with van der Waals surface area (Å²) >= 11 is 1.01. The Balaban J connectivity index is 1.77. The fourth-order valence-corrected chi connectivity index (χ4v) is 3.02. The van der Waals surface area contributed by atoms with Crippen molar-refractivity contribution in [3.05, 3.63) is 10.9 Å². The third-order valence-corrected chi connectivity index (χ3v) is 4.39. The molecule has 19 heavy (non-hydrogen) atoms. The van der Waals surface area contributed by atoms with Crippen LogP contribution in [0, 0.1) is 5.92 Å². The highest BCUT2D eigenvalue weighted by Crippen LogP contribution is 2.20. The maximum absolute atomic E-state index is 12.5. The molecule has 0 aromatic carbocycles. The number of halogens is 1. The van der Waals surface area contributed by atoms with Gasteiger partial charge >= 0.3 is 10.4 Å². The number of amides is 1. The fourth-order valence-electron chi connectivity index (χ4n) is 1.62. The zero-order chi connectivity index (χ0) is 14.0. The number of hydrogen-bond acceptors (Lipinski definition) is 6. The minimum Gasteiger partial charge on any atom is -0.480 e. The molecule has 1 fully saturated rings. The van der Waals surface area contributed by atoms with E-state index in [0.29, 0.717) is 17.3 Å². The van der Waals surface area contributed by atoms with E-state index in [1.54, 1.807) is 0 Å². The van der Waals surface area contributed by atoms with Crippen LogP contribution in [0.4, 0.5) is 3.89 Å². The highest BCUT2D eigenvalue weighted by atomic mass is 32.3. The first-order chi connectivity index (χ1) is 8.90. The number of methoxy groups -OCH3 is 1. The van der Waals surface area contributed by atoms with E-state index in [1.165, 1.54) is 13.2 Å². The van der Waals surface area contributed by atoms with Crippen molar-refractivity contribution in [3.8, 4) is 5.88 Å². The van der Waals surface area contributed by atoms with Gasteiger partial charge in [0.1, 0.15) is 4.88 Å². The summed E-state index contributed by atoms with van der Waals surface area (Å²) < 4.78 is 43.0. The topological polar surface area (TPSA) is 88.6 Å². The first-order valence-electron chi connectivity index (χ1n) is 5.39. The Kier molecular flexibility index (Phi) is 4.02. The Labute approximate surface area is 113 Å². The molecule has 0 radical (unpaired) electrons. The Morgan fingerprint density at radius 3 is 2.89 bits per heavy atom. The summed E-state index contributed by atoms with van der Waals surface area (Å²) in [5.74, 6) is 0.000129. The van der Waals surface area contributed by atoms with Crippen LogP contribution in [0.5, 0.6) is 5.88 Å². The van der Waals surface area contributed by atoms with Gasteiger partial charge < -0.3 is 10.1 Å².